The predicted molar refractivity (Wildman–Crippen MR) is 126 cm³/mol. The van der Waals surface area contributed by atoms with Crippen molar-refractivity contribution in [1.82, 2.24) is 5.43 Å². The number of anilines is 1. The average Bonchev–Trinajstić information content (AvgIpc) is 2.76. The van der Waals surface area contributed by atoms with Gasteiger partial charge in [0.15, 0.2) is 0 Å². The maximum absolute atomic E-state index is 5.80. The van der Waals surface area contributed by atoms with Gasteiger partial charge in [0.05, 0.1) is 5.69 Å². The van der Waals surface area contributed by atoms with Crippen LogP contribution >= 0.6 is 0 Å². The number of hydrogen-bond donors (Lipinski definition) is 1. The van der Waals surface area contributed by atoms with Crippen LogP contribution in [0.25, 0.3) is 0 Å². The number of nitrogens with one attached hydrogen (secondary N) is 1. The number of benzene rings is 1. The molecule has 0 saturated carbocycles. The number of nitrogens with zero attached hydrogens (tertiary/aromatic N) is 1. The number of rotatable bonds is 15. The highest BCUT2D eigenvalue weighted by Gasteiger charge is 2.06. The van der Waals surface area contributed by atoms with Crippen molar-refractivity contribution >= 4 is 5.69 Å². The molecule has 0 bridgehead atoms. The van der Waals surface area contributed by atoms with E-state index in [1.165, 1.54) is 63.4 Å². The zero-order valence-electron chi connectivity index (χ0n) is 18.5. The third kappa shape index (κ3) is 9.74. The first-order valence-electron chi connectivity index (χ1n) is 11.6. The molecule has 1 heterocycles. The molecule has 1 N–H and O–H groups in total. The van der Waals surface area contributed by atoms with Crippen LogP contribution in [-0.2, 0) is 0 Å². The summed E-state index contributed by atoms with van der Waals surface area (Å²) in [5, 5.41) is 2.04. The quantitative estimate of drug-likeness (QED) is 0.243. The van der Waals surface area contributed by atoms with E-state index >= 15 is 0 Å². The zero-order chi connectivity index (χ0) is 20.6. The fraction of sp³-hybridized carbons (Fsp3) is 0.538. The summed E-state index contributed by atoms with van der Waals surface area (Å²) in [7, 11) is 0. The zero-order valence-corrected chi connectivity index (χ0v) is 18.5. The standard InChI is InChI=1S/C26H40N2O/c1-3-5-7-9-11-13-15-24-20-21-28(27-23-24)25-16-18-26(19-17-25)29-22-14-12-10-8-6-4-2/h12,14,16-21,23,27H,3-11,13,15,22H2,1-2H3/b14-12+. The van der Waals surface area contributed by atoms with Crippen molar-refractivity contribution in [3.63, 3.8) is 0 Å². The van der Waals surface area contributed by atoms with Crippen LogP contribution in [0, 0.1) is 0 Å². The summed E-state index contributed by atoms with van der Waals surface area (Å²) in [6, 6.07) is 8.24. The Hall–Kier alpha value is -2.16. The molecule has 0 fully saturated rings. The Balaban J connectivity index is 1.65. The van der Waals surface area contributed by atoms with E-state index in [0.29, 0.717) is 6.61 Å². The molecule has 0 atom stereocenters. The molecule has 0 amide bonds. The van der Waals surface area contributed by atoms with Gasteiger partial charge in [-0.15, -0.1) is 0 Å². The Morgan fingerprint density at radius 1 is 0.862 bits per heavy atom. The van der Waals surface area contributed by atoms with Crippen LogP contribution in [0.2, 0.25) is 0 Å². The van der Waals surface area contributed by atoms with Crippen molar-refractivity contribution < 1.29 is 4.74 Å². The molecule has 1 aliphatic heterocycles. The van der Waals surface area contributed by atoms with Crippen molar-refractivity contribution in [3.8, 4) is 5.75 Å². The van der Waals surface area contributed by atoms with Crippen LogP contribution in [0.15, 0.2) is 60.5 Å². The van der Waals surface area contributed by atoms with Gasteiger partial charge in [0, 0.05) is 12.4 Å². The van der Waals surface area contributed by atoms with Gasteiger partial charge in [0.1, 0.15) is 12.4 Å². The van der Waals surface area contributed by atoms with E-state index in [4.69, 9.17) is 4.74 Å². The Kier molecular flexibility index (Phi) is 11.8. The van der Waals surface area contributed by atoms with Crippen LogP contribution in [0.5, 0.6) is 5.75 Å². The summed E-state index contributed by atoms with van der Waals surface area (Å²) in [6.07, 6.45) is 25.0. The van der Waals surface area contributed by atoms with Gasteiger partial charge in [0.2, 0.25) is 0 Å². The van der Waals surface area contributed by atoms with E-state index in [0.717, 1.165) is 24.3 Å². The minimum absolute atomic E-state index is 0.637. The van der Waals surface area contributed by atoms with Gasteiger partial charge < -0.3 is 10.2 Å². The highest BCUT2D eigenvalue weighted by molar-refractivity contribution is 5.52. The van der Waals surface area contributed by atoms with Gasteiger partial charge in [-0.2, -0.15) is 0 Å². The van der Waals surface area contributed by atoms with Crippen molar-refractivity contribution in [1.29, 1.82) is 0 Å². The monoisotopic (exact) mass is 396 g/mol. The first-order chi connectivity index (χ1) is 14.3. The van der Waals surface area contributed by atoms with Gasteiger partial charge in [-0.25, -0.2) is 0 Å². The molecule has 0 spiro atoms. The molecule has 3 nitrogen and oxygen atoms in total. The van der Waals surface area contributed by atoms with Gasteiger partial charge in [-0.1, -0.05) is 70.9 Å². The number of hydrogen-bond acceptors (Lipinski definition) is 3. The van der Waals surface area contributed by atoms with Crippen molar-refractivity contribution in [2.45, 2.75) is 84.5 Å². The fourth-order valence-corrected chi connectivity index (χ4v) is 3.38. The third-order valence-corrected chi connectivity index (χ3v) is 5.25. The lowest BCUT2D eigenvalue weighted by Gasteiger charge is -2.24. The molecular weight excluding hydrogens is 356 g/mol. The summed E-state index contributed by atoms with van der Waals surface area (Å²) in [5.41, 5.74) is 5.86. The SMILES string of the molecule is CCCCC/C=C/COc1ccc(N2C=CC(CCCCCCCC)=CN2)cc1. The van der Waals surface area contributed by atoms with Crippen LogP contribution in [0.3, 0.4) is 0 Å². The predicted octanol–water partition coefficient (Wildman–Crippen LogP) is 7.67. The van der Waals surface area contributed by atoms with E-state index in [-0.39, 0.29) is 0 Å². The maximum atomic E-state index is 5.80. The van der Waals surface area contributed by atoms with Crippen LogP contribution in [0.4, 0.5) is 5.69 Å². The Bertz CT molecular complexity index is 631. The number of ether oxygens (including phenoxy) is 1. The number of allylic oxidation sites excluding steroid dienone is 3. The van der Waals surface area contributed by atoms with E-state index in [2.05, 4.69) is 62.0 Å². The van der Waals surface area contributed by atoms with Gasteiger partial charge in [-0.3, -0.25) is 5.01 Å². The maximum Gasteiger partial charge on any atom is 0.119 e. The van der Waals surface area contributed by atoms with Gasteiger partial charge in [-0.05, 0) is 61.6 Å². The molecular formula is C26H40N2O. The fourth-order valence-electron chi connectivity index (χ4n) is 3.38. The second-order valence-corrected chi connectivity index (χ2v) is 7.82. The summed E-state index contributed by atoms with van der Waals surface area (Å²) >= 11 is 0. The topological polar surface area (TPSA) is 24.5 Å². The van der Waals surface area contributed by atoms with E-state index in [1.807, 2.05) is 17.1 Å². The molecule has 2 rings (SSSR count). The van der Waals surface area contributed by atoms with E-state index in [1.54, 1.807) is 0 Å². The molecule has 29 heavy (non-hydrogen) atoms. The molecule has 3 heteroatoms. The van der Waals surface area contributed by atoms with E-state index < -0.39 is 0 Å². The smallest absolute Gasteiger partial charge is 0.119 e. The minimum Gasteiger partial charge on any atom is -0.490 e. The molecule has 0 aliphatic carbocycles. The molecule has 0 aromatic heterocycles. The van der Waals surface area contributed by atoms with Crippen molar-refractivity contribution in [3.05, 3.63) is 60.5 Å². The molecule has 0 unspecified atom stereocenters. The molecule has 0 radical (unpaired) electrons. The number of hydrazine groups is 1. The van der Waals surface area contributed by atoms with Crippen LogP contribution < -0.4 is 15.2 Å². The largest absolute Gasteiger partial charge is 0.490 e. The number of unbranched alkanes of at least 4 members (excludes halogenated alkanes) is 8. The Labute approximate surface area is 178 Å². The first kappa shape index (κ1) is 23.1. The molecule has 1 aromatic rings. The van der Waals surface area contributed by atoms with Gasteiger partial charge in [0.25, 0.3) is 0 Å². The second kappa shape index (κ2) is 14.8. The summed E-state index contributed by atoms with van der Waals surface area (Å²) in [4.78, 5) is 0. The van der Waals surface area contributed by atoms with Crippen molar-refractivity contribution in [2.75, 3.05) is 11.6 Å². The Morgan fingerprint density at radius 3 is 2.31 bits per heavy atom. The van der Waals surface area contributed by atoms with Gasteiger partial charge >= 0.3 is 0 Å². The molecule has 1 aromatic carbocycles. The minimum atomic E-state index is 0.637. The highest BCUT2D eigenvalue weighted by Crippen LogP contribution is 2.21. The molecule has 160 valence electrons. The van der Waals surface area contributed by atoms with E-state index in [9.17, 15) is 0 Å². The summed E-state index contributed by atoms with van der Waals surface area (Å²) < 4.78 is 5.80. The van der Waals surface area contributed by atoms with Crippen LogP contribution in [-0.4, -0.2) is 6.61 Å². The third-order valence-electron chi connectivity index (χ3n) is 5.25. The normalized spacial score (nSPS) is 13.6. The average molecular weight is 397 g/mol. The molecule has 1 aliphatic rings. The molecule has 0 saturated heterocycles. The van der Waals surface area contributed by atoms with Crippen molar-refractivity contribution in [2.24, 2.45) is 0 Å². The lowest BCUT2D eigenvalue weighted by Crippen LogP contribution is -2.31. The lowest BCUT2D eigenvalue weighted by atomic mass is 10.1. The first-order valence-corrected chi connectivity index (χ1v) is 11.6. The second-order valence-electron chi connectivity index (χ2n) is 7.82. The highest BCUT2D eigenvalue weighted by atomic mass is 16.5. The lowest BCUT2D eigenvalue weighted by molar-refractivity contribution is 0.362. The summed E-state index contributed by atoms with van der Waals surface area (Å²) in [5.74, 6) is 0.909. The summed E-state index contributed by atoms with van der Waals surface area (Å²) in [6.45, 7) is 5.14. The van der Waals surface area contributed by atoms with Crippen LogP contribution in [0.1, 0.15) is 84.5 Å². The Morgan fingerprint density at radius 2 is 1.59 bits per heavy atom.